The highest BCUT2D eigenvalue weighted by molar-refractivity contribution is 5.78. The fourth-order valence-corrected chi connectivity index (χ4v) is 2.55. The molecule has 0 aliphatic carbocycles. The molecule has 1 fully saturated rings. The van der Waals surface area contributed by atoms with Gasteiger partial charge in [-0.2, -0.15) is 13.2 Å². The summed E-state index contributed by atoms with van der Waals surface area (Å²) in [7, 11) is 0. The number of rotatable bonds is 5. The van der Waals surface area contributed by atoms with E-state index in [1.165, 1.54) is 6.26 Å². The second kappa shape index (κ2) is 7.17. The standard InChI is InChI=1S/C15H21F3N2O2/c1-12-4-6-19(7-5-12)10-14(21)20(11-15(16,17)18)9-13-3-2-8-22-13/h2-3,8,12H,4-7,9-11H2,1H3. The highest BCUT2D eigenvalue weighted by Gasteiger charge is 2.34. The Balaban J connectivity index is 1.95. The third-order valence-electron chi connectivity index (χ3n) is 3.88. The van der Waals surface area contributed by atoms with Crippen molar-refractivity contribution in [3.05, 3.63) is 24.2 Å². The van der Waals surface area contributed by atoms with Gasteiger partial charge in [-0.3, -0.25) is 9.69 Å². The predicted molar refractivity (Wildman–Crippen MR) is 75.0 cm³/mol. The summed E-state index contributed by atoms with van der Waals surface area (Å²) in [5.74, 6) is 0.453. The molecular formula is C15H21F3N2O2. The van der Waals surface area contributed by atoms with Crippen molar-refractivity contribution in [1.82, 2.24) is 9.80 Å². The molecule has 1 aliphatic rings. The number of carbonyl (C=O) groups excluding carboxylic acids is 1. The first-order valence-electron chi connectivity index (χ1n) is 7.43. The Kier molecular flexibility index (Phi) is 5.50. The average molecular weight is 318 g/mol. The fourth-order valence-electron chi connectivity index (χ4n) is 2.55. The number of halogens is 3. The van der Waals surface area contributed by atoms with Crippen LogP contribution >= 0.6 is 0 Å². The zero-order valence-electron chi connectivity index (χ0n) is 12.6. The summed E-state index contributed by atoms with van der Waals surface area (Å²) >= 11 is 0. The van der Waals surface area contributed by atoms with Gasteiger partial charge in [-0.15, -0.1) is 0 Å². The first-order valence-corrected chi connectivity index (χ1v) is 7.43. The van der Waals surface area contributed by atoms with E-state index in [1.807, 2.05) is 4.90 Å². The van der Waals surface area contributed by atoms with E-state index in [9.17, 15) is 18.0 Å². The molecular weight excluding hydrogens is 297 g/mol. The summed E-state index contributed by atoms with van der Waals surface area (Å²) in [6.45, 7) is 2.28. The number of amides is 1. The maximum Gasteiger partial charge on any atom is 0.406 e. The van der Waals surface area contributed by atoms with Crippen molar-refractivity contribution in [1.29, 1.82) is 0 Å². The van der Waals surface area contributed by atoms with Crippen molar-refractivity contribution in [2.45, 2.75) is 32.5 Å². The van der Waals surface area contributed by atoms with Crippen molar-refractivity contribution in [2.24, 2.45) is 5.92 Å². The molecule has 1 aliphatic heterocycles. The summed E-state index contributed by atoms with van der Waals surface area (Å²) in [5.41, 5.74) is 0. The second-order valence-corrected chi connectivity index (χ2v) is 5.90. The van der Waals surface area contributed by atoms with E-state index < -0.39 is 18.6 Å². The summed E-state index contributed by atoms with van der Waals surface area (Å²) in [6.07, 6.45) is -1.08. The monoisotopic (exact) mass is 318 g/mol. The lowest BCUT2D eigenvalue weighted by molar-refractivity contribution is -0.163. The van der Waals surface area contributed by atoms with Crippen molar-refractivity contribution in [3.8, 4) is 0 Å². The van der Waals surface area contributed by atoms with Crippen molar-refractivity contribution >= 4 is 5.91 Å². The molecule has 0 unspecified atom stereocenters. The zero-order valence-corrected chi connectivity index (χ0v) is 12.6. The van der Waals surface area contributed by atoms with Gasteiger partial charge in [0.15, 0.2) is 0 Å². The van der Waals surface area contributed by atoms with Crippen LogP contribution in [0, 0.1) is 5.92 Å². The Morgan fingerprint density at radius 1 is 1.41 bits per heavy atom. The van der Waals surface area contributed by atoms with Crippen molar-refractivity contribution in [2.75, 3.05) is 26.2 Å². The van der Waals surface area contributed by atoms with Crippen molar-refractivity contribution < 1.29 is 22.4 Å². The van der Waals surface area contributed by atoms with E-state index in [0.29, 0.717) is 11.7 Å². The number of hydrogen-bond acceptors (Lipinski definition) is 3. The molecule has 22 heavy (non-hydrogen) atoms. The lowest BCUT2D eigenvalue weighted by Gasteiger charge is -2.32. The van der Waals surface area contributed by atoms with Gasteiger partial charge in [-0.05, 0) is 44.0 Å². The zero-order chi connectivity index (χ0) is 16.2. The quantitative estimate of drug-likeness (QED) is 0.837. The molecule has 4 nitrogen and oxygen atoms in total. The van der Waals surface area contributed by atoms with Gasteiger partial charge in [0.2, 0.25) is 5.91 Å². The Morgan fingerprint density at radius 2 is 2.09 bits per heavy atom. The number of nitrogens with zero attached hydrogens (tertiary/aromatic N) is 2. The van der Waals surface area contributed by atoms with Gasteiger partial charge in [0.05, 0.1) is 19.4 Å². The van der Waals surface area contributed by atoms with Crippen LogP contribution in [0.1, 0.15) is 25.5 Å². The summed E-state index contributed by atoms with van der Waals surface area (Å²) in [6, 6.07) is 3.16. The molecule has 0 saturated carbocycles. The largest absolute Gasteiger partial charge is 0.467 e. The molecule has 0 N–H and O–H groups in total. The molecule has 1 aromatic heterocycles. The maximum atomic E-state index is 12.7. The molecule has 1 aromatic rings. The Hall–Kier alpha value is -1.50. The SMILES string of the molecule is CC1CCN(CC(=O)N(Cc2ccco2)CC(F)(F)F)CC1. The number of carbonyl (C=O) groups is 1. The maximum absolute atomic E-state index is 12.7. The third-order valence-corrected chi connectivity index (χ3v) is 3.88. The van der Waals surface area contributed by atoms with Gasteiger partial charge in [-0.1, -0.05) is 6.92 Å². The molecule has 0 aromatic carbocycles. The van der Waals surface area contributed by atoms with Gasteiger partial charge < -0.3 is 9.32 Å². The van der Waals surface area contributed by atoms with Crippen LogP contribution in [0.5, 0.6) is 0 Å². The highest BCUT2D eigenvalue weighted by Crippen LogP contribution is 2.20. The topological polar surface area (TPSA) is 36.7 Å². The highest BCUT2D eigenvalue weighted by atomic mass is 19.4. The van der Waals surface area contributed by atoms with E-state index >= 15 is 0 Å². The van der Waals surface area contributed by atoms with E-state index in [1.54, 1.807) is 12.1 Å². The van der Waals surface area contributed by atoms with Crippen LogP contribution in [-0.4, -0.2) is 48.1 Å². The normalized spacial score (nSPS) is 17.6. The summed E-state index contributed by atoms with van der Waals surface area (Å²) < 4.78 is 43.1. The minimum absolute atomic E-state index is 0.0313. The number of alkyl halides is 3. The van der Waals surface area contributed by atoms with Crippen LogP contribution in [0.4, 0.5) is 13.2 Å². The molecule has 2 rings (SSSR count). The van der Waals surface area contributed by atoms with E-state index in [4.69, 9.17) is 4.42 Å². The average Bonchev–Trinajstić information content (AvgIpc) is 2.92. The first-order chi connectivity index (χ1) is 10.3. The Morgan fingerprint density at radius 3 is 2.64 bits per heavy atom. The number of hydrogen-bond donors (Lipinski definition) is 0. The van der Waals surface area contributed by atoms with Gasteiger partial charge in [-0.25, -0.2) is 0 Å². The molecule has 1 saturated heterocycles. The third kappa shape index (κ3) is 5.36. The van der Waals surface area contributed by atoms with Crippen molar-refractivity contribution in [3.63, 3.8) is 0 Å². The van der Waals surface area contributed by atoms with Crippen LogP contribution in [0.25, 0.3) is 0 Å². The Bertz CT molecular complexity index is 466. The van der Waals surface area contributed by atoms with Crippen LogP contribution in [-0.2, 0) is 11.3 Å². The van der Waals surface area contributed by atoms with Crippen LogP contribution in [0.2, 0.25) is 0 Å². The fraction of sp³-hybridized carbons (Fsp3) is 0.667. The smallest absolute Gasteiger partial charge is 0.406 e. The Labute approximate surface area is 127 Å². The molecule has 7 heteroatoms. The number of piperidine rings is 1. The predicted octanol–water partition coefficient (Wildman–Crippen LogP) is 2.90. The van der Waals surface area contributed by atoms with Gasteiger partial charge in [0.1, 0.15) is 12.3 Å². The van der Waals surface area contributed by atoms with Gasteiger partial charge in [0.25, 0.3) is 0 Å². The van der Waals surface area contributed by atoms with E-state index in [2.05, 4.69) is 6.92 Å². The lowest BCUT2D eigenvalue weighted by atomic mass is 9.99. The minimum Gasteiger partial charge on any atom is -0.467 e. The summed E-state index contributed by atoms with van der Waals surface area (Å²) in [4.78, 5) is 15.0. The molecule has 0 radical (unpaired) electrons. The number of likely N-dealkylation sites (tertiary alicyclic amines) is 1. The van der Waals surface area contributed by atoms with Crippen LogP contribution in [0.15, 0.2) is 22.8 Å². The molecule has 1 amide bonds. The van der Waals surface area contributed by atoms with Gasteiger partial charge >= 0.3 is 6.18 Å². The molecule has 0 bridgehead atoms. The number of furan rings is 1. The molecule has 124 valence electrons. The minimum atomic E-state index is -4.42. The van der Waals surface area contributed by atoms with Crippen LogP contribution in [0.3, 0.4) is 0 Å². The summed E-state index contributed by atoms with van der Waals surface area (Å²) in [5, 5.41) is 0. The molecule has 0 spiro atoms. The second-order valence-electron chi connectivity index (χ2n) is 5.90. The first kappa shape index (κ1) is 16.9. The van der Waals surface area contributed by atoms with Gasteiger partial charge in [0, 0.05) is 0 Å². The van der Waals surface area contributed by atoms with E-state index in [0.717, 1.165) is 30.8 Å². The lowest BCUT2D eigenvalue weighted by Crippen LogP contribution is -2.45. The molecule has 2 heterocycles. The molecule has 0 atom stereocenters. The van der Waals surface area contributed by atoms with Crippen LogP contribution < -0.4 is 0 Å². The van der Waals surface area contributed by atoms with E-state index in [-0.39, 0.29) is 13.1 Å².